The van der Waals surface area contributed by atoms with Gasteiger partial charge in [0, 0.05) is 12.5 Å². The molecule has 2 aromatic rings. The summed E-state index contributed by atoms with van der Waals surface area (Å²) >= 11 is 0. The summed E-state index contributed by atoms with van der Waals surface area (Å²) in [6.07, 6.45) is 3.85. The molecule has 0 aromatic heterocycles. The Hall–Kier alpha value is -1.71. The summed E-state index contributed by atoms with van der Waals surface area (Å²) in [5.41, 5.74) is 0.952. The van der Waals surface area contributed by atoms with Crippen molar-refractivity contribution in [3.05, 3.63) is 71.5 Å². The second-order valence-corrected chi connectivity index (χ2v) is 7.61. The van der Waals surface area contributed by atoms with Gasteiger partial charge in [0.05, 0.1) is 5.60 Å². The normalized spacial score (nSPS) is 26.8. The number of aliphatic hydroxyl groups is 1. The van der Waals surface area contributed by atoms with Gasteiger partial charge in [0.25, 0.3) is 0 Å². The molecule has 1 aliphatic carbocycles. The van der Waals surface area contributed by atoms with Crippen LogP contribution >= 0.6 is 0 Å². The van der Waals surface area contributed by atoms with Crippen LogP contribution in [0.5, 0.6) is 0 Å². The van der Waals surface area contributed by atoms with Crippen LogP contribution in [-0.2, 0) is 12.0 Å². The maximum absolute atomic E-state index is 13.9. The zero-order chi connectivity index (χ0) is 17.9. The average molecular weight is 341 g/mol. The van der Waals surface area contributed by atoms with Crippen LogP contribution in [0.4, 0.5) is 4.39 Å². The van der Waals surface area contributed by atoms with Crippen molar-refractivity contribution in [2.45, 2.75) is 31.3 Å². The zero-order valence-electron chi connectivity index (χ0n) is 15.2. The Morgan fingerprint density at radius 1 is 1.04 bits per heavy atom. The molecule has 3 atom stereocenters. The van der Waals surface area contributed by atoms with Gasteiger partial charge in [-0.25, -0.2) is 4.39 Å². The fraction of sp³-hybridized carbons (Fsp3) is 0.455. The standard InChI is InChI=1S/C22H28FNO/c1-24(2)16-20-12-6-10-18(14-17-8-4-3-5-9-17)22(20,25)19-11-7-13-21(23)15-19/h3-5,7-9,11,13,15,18,20,25H,6,10,12,14,16H2,1-2H3. The second kappa shape index (κ2) is 7.67. The van der Waals surface area contributed by atoms with Crippen LogP contribution in [0.3, 0.4) is 0 Å². The van der Waals surface area contributed by atoms with E-state index in [1.54, 1.807) is 6.07 Å². The lowest BCUT2D eigenvalue weighted by Gasteiger charge is -2.47. The van der Waals surface area contributed by atoms with Gasteiger partial charge in [0.1, 0.15) is 5.82 Å². The summed E-state index contributed by atoms with van der Waals surface area (Å²) < 4.78 is 13.9. The summed E-state index contributed by atoms with van der Waals surface area (Å²) in [5, 5.41) is 11.9. The highest BCUT2D eigenvalue weighted by Crippen LogP contribution is 2.47. The lowest BCUT2D eigenvalue weighted by molar-refractivity contribution is -0.108. The van der Waals surface area contributed by atoms with Crippen LogP contribution in [0.1, 0.15) is 30.4 Å². The third-order valence-corrected chi connectivity index (χ3v) is 5.55. The van der Waals surface area contributed by atoms with Crippen LogP contribution in [-0.4, -0.2) is 30.6 Å². The molecule has 25 heavy (non-hydrogen) atoms. The van der Waals surface area contributed by atoms with Gasteiger partial charge in [-0.15, -0.1) is 0 Å². The fourth-order valence-corrected chi connectivity index (χ4v) is 4.42. The third kappa shape index (κ3) is 3.94. The number of hydrogen-bond acceptors (Lipinski definition) is 2. The molecular formula is C22H28FNO. The van der Waals surface area contributed by atoms with Gasteiger partial charge in [-0.2, -0.15) is 0 Å². The van der Waals surface area contributed by atoms with Gasteiger partial charge in [-0.05, 0) is 62.5 Å². The van der Waals surface area contributed by atoms with Crippen molar-refractivity contribution in [3.8, 4) is 0 Å². The van der Waals surface area contributed by atoms with Crippen molar-refractivity contribution in [1.82, 2.24) is 4.90 Å². The first-order chi connectivity index (χ1) is 12.0. The first-order valence-corrected chi connectivity index (χ1v) is 9.17. The minimum absolute atomic E-state index is 0.0930. The van der Waals surface area contributed by atoms with E-state index in [9.17, 15) is 9.50 Å². The number of benzene rings is 2. The van der Waals surface area contributed by atoms with Crippen LogP contribution in [0.25, 0.3) is 0 Å². The Balaban J connectivity index is 1.99. The van der Waals surface area contributed by atoms with E-state index >= 15 is 0 Å². The highest BCUT2D eigenvalue weighted by molar-refractivity contribution is 5.28. The number of halogens is 1. The number of hydrogen-bond donors (Lipinski definition) is 1. The van der Waals surface area contributed by atoms with Gasteiger partial charge in [-0.1, -0.05) is 48.9 Å². The maximum atomic E-state index is 13.9. The smallest absolute Gasteiger partial charge is 0.123 e. The minimum atomic E-state index is -1.000. The molecule has 1 aliphatic rings. The topological polar surface area (TPSA) is 23.5 Å². The van der Waals surface area contributed by atoms with E-state index in [1.165, 1.54) is 17.7 Å². The SMILES string of the molecule is CN(C)CC1CCCC(Cc2ccccc2)C1(O)c1cccc(F)c1. The van der Waals surface area contributed by atoms with Crippen LogP contribution in [0.15, 0.2) is 54.6 Å². The molecule has 0 aliphatic heterocycles. The first-order valence-electron chi connectivity index (χ1n) is 9.17. The molecule has 0 amide bonds. The Labute approximate surface area is 150 Å². The van der Waals surface area contributed by atoms with E-state index in [1.807, 2.05) is 38.4 Å². The molecule has 134 valence electrons. The largest absolute Gasteiger partial charge is 0.385 e. The van der Waals surface area contributed by atoms with E-state index in [0.29, 0.717) is 0 Å². The molecule has 3 heteroatoms. The molecule has 3 unspecified atom stereocenters. The highest BCUT2D eigenvalue weighted by Gasteiger charge is 2.47. The number of nitrogens with zero attached hydrogens (tertiary/aromatic N) is 1. The summed E-state index contributed by atoms with van der Waals surface area (Å²) in [7, 11) is 4.07. The quantitative estimate of drug-likeness (QED) is 0.879. The molecule has 2 aromatic carbocycles. The molecule has 1 saturated carbocycles. The van der Waals surface area contributed by atoms with Gasteiger partial charge < -0.3 is 10.0 Å². The molecule has 2 nitrogen and oxygen atoms in total. The Morgan fingerprint density at radius 3 is 2.44 bits per heavy atom. The van der Waals surface area contributed by atoms with Crippen molar-refractivity contribution in [2.75, 3.05) is 20.6 Å². The van der Waals surface area contributed by atoms with Crippen molar-refractivity contribution in [2.24, 2.45) is 11.8 Å². The number of rotatable bonds is 5. The van der Waals surface area contributed by atoms with Crippen molar-refractivity contribution >= 4 is 0 Å². The molecule has 0 spiro atoms. The molecule has 1 fully saturated rings. The van der Waals surface area contributed by atoms with Crippen molar-refractivity contribution < 1.29 is 9.50 Å². The lowest BCUT2D eigenvalue weighted by Crippen LogP contribution is -2.49. The van der Waals surface area contributed by atoms with Gasteiger partial charge >= 0.3 is 0 Å². The highest BCUT2D eigenvalue weighted by atomic mass is 19.1. The molecule has 1 N–H and O–H groups in total. The molecule has 3 rings (SSSR count). The van der Waals surface area contributed by atoms with Crippen molar-refractivity contribution in [1.29, 1.82) is 0 Å². The molecule has 0 radical (unpaired) electrons. The van der Waals surface area contributed by atoms with Gasteiger partial charge in [0.2, 0.25) is 0 Å². The lowest BCUT2D eigenvalue weighted by atomic mass is 9.63. The van der Waals surface area contributed by atoms with Gasteiger partial charge in [0.15, 0.2) is 0 Å². The third-order valence-electron chi connectivity index (χ3n) is 5.55. The van der Waals surface area contributed by atoms with E-state index in [-0.39, 0.29) is 17.7 Å². The molecule has 0 saturated heterocycles. The molecular weight excluding hydrogens is 313 g/mol. The minimum Gasteiger partial charge on any atom is -0.385 e. The Kier molecular flexibility index (Phi) is 5.55. The zero-order valence-corrected chi connectivity index (χ0v) is 15.2. The second-order valence-electron chi connectivity index (χ2n) is 7.61. The van der Waals surface area contributed by atoms with Crippen LogP contribution in [0.2, 0.25) is 0 Å². The molecule has 0 bridgehead atoms. The van der Waals surface area contributed by atoms with E-state index in [4.69, 9.17) is 0 Å². The maximum Gasteiger partial charge on any atom is 0.123 e. The molecule has 0 heterocycles. The predicted octanol–water partition coefficient (Wildman–Crippen LogP) is 4.23. The predicted molar refractivity (Wildman–Crippen MR) is 99.8 cm³/mol. The van der Waals surface area contributed by atoms with E-state index in [2.05, 4.69) is 17.0 Å². The average Bonchev–Trinajstić information content (AvgIpc) is 2.59. The van der Waals surface area contributed by atoms with E-state index in [0.717, 1.165) is 37.8 Å². The van der Waals surface area contributed by atoms with E-state index < -0.39 is 5.60 Å². The van der Waals surface area contributed by atoms with Crippen LogP contribution < -0.4 is 0 Å². The monoisotopic (exact) mass is 341 g/mol. The van der Waals surface area contributed by atoms with Gasteiger partial charge in [-0.3, -0.25) is 0 Å². The summed E-state index contributed by atoms with van der Waals surface area (Å²) in [6.45, 7) is 0.804. The van der Waals surface area contributed by atoms with Crippen molar-refractivity contribution in [3.63, 3.8) is 0 Å². The Morgan fingerprint density at radius 2 is 1.76 bits per heavy atom. The summed E-state index contributed by atoms with van der Waals surface area (Å²) in [4.78, 5) is 2.12. The van der Waals surface area contributed by atoms with Crippen LogP contribution in [0, 0.1) is 17.7 Å². The fourth-order valence-electron chi connectivity index (χ4n) is 4.42. The summed E-state index contributed by atoms with van der Waals surface area (Å²) in [6, 6.07) is 16.9. The summed E-state index contributed by atoms with van der Waals surface area (Å²) in [5.74, 6) is -0.0827. The Bertz CT molecular complexity index is 687. The first kappa shape index (κ1) is 18.1.